The highest BCUT2D eigenvalue weighted by molar-refractivity contribution is 6.38. The van der Waals surface area contributed by atoms with Crippen molar-refractivity contribution in [1.29, 1.82) is 0 Å². The number of nitrogens with zero attached hydrogens (tertiary/aromatic N) is 2. The molecule has 0 aliphatic rings. The van der Waals surface area contributed by atoms with Crippen molar-refractivity contribution in [2.75, 3.05) is 7.11 Å². The molecule has 3 rings (SSSR count). The van der Waals surface area contributed by atoms with E-state index < -0.39 is 5.82 Å². The van der Waals surface area contributed by atoms with Gasteiger partial charge in [0.15, 0.2) is 11.6 Å². The molecule has 0 aliphatic heterocycles. The molecule has 0 atom stereocenters. The van der Waals surface area contributed by atoms with Gasteiger partial charge in [-0.2, -0.15) is 0 Å². The highest BCUT2D eigenvalue weighted by atomic mass is 19.1. The summed E-state index contributed by atoms with van der Waals surface area (Å²) in [5.74, 6) is -0.719. The van der Waals surface area contributed by atoms with Crippen LogP contribution in [0.25, 0.3) is 22.2 Å². The van der Waals surface area contributed by atoms with Crippen LogP contribution < -0.4 is 10.2 Å². The van der Waals surface area contributed by atoms with Gasteiger partial charge in [-0.3, -0.25) is 9.97 Å². The molecular formula is C15H10BFN2O2. The molecule has 6 heteroatoms. The Hall–Kier alpha value is -2.63. The Kier molecular flexibility index (Phi) is 3.21. The first kappa shape index (κ1) is 13.4. The number of methoxy groups -OCH3 is 1. The zero-order valence-corrected chi connectivity index (χ0v) is 11.2. The minimum Gasteiger partial charge on any atom is -0.508 e. The monoisotopic (exact) mass is 280 g/mol. The fraction of sp³-hybridized carbons (Fsp3) is 0.0667. The predicted octanol–water partition coefficient (Wildman–Crippen LogP) is 1.94. The van der Waals surface area contributed by atoms with Crippen LogP contribution in [0.3, 0.4) is 0 Å². The molecule has 0 fully saturated rings. The zero-order chi connectivity index (χ0) is 15.0. The second-order valence-corrected chi connectivity index (χ2v) is 4.47. The van der Waals surface area contributed by atoms with Gasteiger partial charge in [-0.25, -0.2) is 4.39 Å². The molecule has 1 heterocycles. The molecule has 0 bridgehead atoms. The average Bonchev–Trinajstić information content (AvgIpc) is 2.50. The predicted molar refractivity (Wildman–Crippen MR) is 78.5 cm³/mol. The molecule has 2 radical (unpaired) electrons. The van der Waals surface area contributed by atoms with Crippen LogP contribution in [0.15, 0.2) is 36.7 Å². The first-order valence-corrected chi connectivity index (χ1v) is 6.18. The summed E-state index contributed by atoms with van der Waals surface area (Å²) < 4.78 is 19.4. The first-order chi connectivity index (χ1) is 10.1. The van der Waals surface area contributed by atoms with E-state index in [0.717, 1.165) is 0 Å². The van der Waals surface area contributed by atoms with Crippen LogP contribution in [0.5, 0.6) is 11.5 Å². The molecule has 1 aromatic heterocycles. The summed E-state index contributed by atoms with van der Waals surface area (Å²) in [5, 5.41) is 9.73. The molecule has 21 heavy (non-hydrogen) atoms. The lowest BCUT2D eigenvalue weighted by molar-refractivity contribution is 0.381. The van der Waals surface area contributed by atoms with E-state index in [1.54, 1.807) is 12.1 Å². The molecule has 4 nitrogen and oxygen atoms in total. The van der Waals surface area contributed by atoms with Gasteiger partial charge in [0, 0.05) is 29.6 Å². The molecule has 2 aromatic carbocycles. The number of rotatable bonds is 2. The number of hydrogen-bond donors (Lipinski definition) is 1. The smallest absolute Gasteiger partial charge is 0.173 e. The van der Waals surface area contributed by atoms with Crippen LogP contribution in [0, 0.1) is 5.82 Å². The summed E-state index contributed by atoms with van der Waals surface area (Å²) in [4.78, 5) is 8.37. The summed E-state index contributed by atoms with van der Waals surface area (Å²) >= 11 is 0. The minimum atomic E-state index is -0.577. The quantitative estimate of drug-likeness (QED) is 0.729. The fourth-order valence-electron chi connectivity index (χ4n) is 2.22. The lowest BCUT2D eigenvalue weighted by atomic mass is 9.91. The van der Waals surface area contributed by atoms with Crippen LogP contribution >= 0.6 is 0 Å². The lowest BCUT2D eigenvalue weighted by Gasteiger charge is -2.11. The number of fused-ring (bicyclic) bond motifs is 1. The largest absolute Gasteiger partial charge is 0.508 e. The standard InChI is InChI=1S/C15H10BFN2O2/c1-21-12-7-8(20)6-10(13(12)17)9-2-3-11(16)15-14(9)18-4-5-19-15/h2-7,20H,1H3. The van der Waals surface area contributed by atoms with Gasteiger partial charge in [-0.1, -0.05) is 17.6 Å². The van der Waals surface area contributed by atoms with Gasteiger partial charge in [0.2, 0.25) is 0 Å². The van der Waals surface area contributed by atoms with E-state index in [-0.39, 0.29) is 17.1 Å². The summed E-state index contributed by atoms with van der Waals surface area (Å²) in [5.41, 5.74) is 2.06. The van der Waals surface area contributed by atoms with Crippen LogP contribution in [0.1, 0.15) is 0 Å². The summed E-state index contributed by atoms with van der Waals surface area (Å²) in [6.45, 7) is 0. The molecule has 0 spiro atoms. The van der Waals surface area contributed by atoms with Crippen molar-refractivity contribution < 1.29 is 14.2 Å². The van der Waals surface area contributed by atoms with Crippen molar-refractivity contribution in [2.45, 2.75) is 0 Å². The van der Waals surface area contributed by atoms with Crippen molar-refractivity contribution in [1.82, 2.24) is 9.97 Å². The maximum absolute atomic E-state index is 14.5. The summed E-state index contributed by atoms with van der Waals surface area (Å²) in [7, 11) is 7.19. The number of aromatic hydroxyl groups is 1. The van der Waals surface area contributed by atoms with Gasteiger partial charge < -0.3 is 9.84 Å². The topological polar surface area (TPSA) is 55.2 Å². The van der Waals surface area contributed by atoms with Crippen LogP contribution in [0.4, 0.5) is 4.39 Å². The van der Waals surface area contributed by atoms with Crippen LogP contribution in [-0.4, -0.2) is 30.0 Å². The second-order valence-electron chi connectivity index (χ2n) is 4.47. The lowest BCUT2D eigenvalue weighted by Crippen LogP contribution is -2.07. The normalized spacial score (nSPS) is 10.8. The number of phenolic OH excluding ortho intramolecular Hbond substituents is 1. The Labute approximate surface area is 121 Å². The van der Waals surface area contributed by atoms with Crippen molar-refractivity contribution in [3.63, 3.8) is 0 Å². The third-order valence-electron chi connectivity index (χ3n) is 3.19. The third-order valence-corrected chi connectivity index (χ3v) is 3.19. The van der Waals surface area contributed by atoms with Gasteiger partial charge in [-0.05, 0) is 6.07 Å². The van der Waals surface area contributed by atoms with E-state index in [1.165, 1.54) is 31.6 Å². The number of hydrogen-bond acceptors (Lipinski definition) is 4. The van der Waals surface area contributed by atoms with Crippen LogP contribution in [0.2, 0.25) is 0 Å². The van der Waals surface area contributed by atoms with E-state index in [0.29, 0.717) is 22.1 Å². The van der Waals surface area contributed by atoms with E-state index in [9.17, 15) is 9.50 Å². The number of halogens is 1. The molecular weight excluding hydrogens is 270 g/mol. The van der Waals surface area contributed by atoms with Gasteiger partial charge in [0.25, 0.3) is 0 Å². The maximum atomic E-state index is 14.5. The van der Waals surface area contributed by atoms with Crippen molar-refractivity contribution in [2.24, 2.45) is 0 Å². The molecule has 0 saturated heterocycles. The van der Waals surface area contributed by atoms with Crippen molar-refractivity contribution in [3.8, 4) is 22.6 Å². The maximum Gasteiger partial charge on any atom is 0.173 e. The average molecular weight is 280 g/mol. The molecule has 0 unspecified atom stereocenters. The van der Waals surface area contributed by atoms with Gasteiger partial charge in [0.1, 0.15) is 13.6 Å². The number of phenols is 1. The Morgan fingerprint density at radius 3 is 2.52 bits per heavy atom. The van der Waals surface area contributed by atoms with Gasteiger partial charge >= 0.3 is 0 Å². The molecule has 0 amide bonds. The fourth-order valence-corrected chi connectivity index (χ4v) is 2.22. The van der Waals surface area contributed by atoms with Crippen molar-refractivity contribution in [3.05, 3.63) is 42.5 Å². The Morgan fingerprint density at radius 1 is 1.10 bits per heavy atom. The Morgan fingerprint density at radius 2 is 1.81 bits per heavy atom. The third kappa shape index (κ3) is 2.18. The van der Waals surface area contributed by atoms with E-state index >= 15 is 0 Å². The zero-order valence-electron chi connectivity index (χ0n) is 11.2. The molecule has 0 aliphatic carbocycles. The minimum absolute atomic E-state index is 0.0427. The van der Waals surface area contributed by atoms with E-state index in [2.05, 4.69) is 9.97 Å². The Bertz CT molecular complexity index is 839. The van der Waals surface area contributed by atoms with E-state index in [1.807, 2.05) is 0 Å². The number of benzene rings is 2. The molecule has 3 aromatic rings. The number of aromatic nitrogens is 2. The Balaban J connectivity index is 2.36. The van der Waals surface area contributed by atoms with Gasteiger partial charge in [-0.15, -0.1) is 0 Å². The second kappa shape index (κ2) is 5.05. The molecule has 0 saturated carbocycles. The summed E-state index contributed by atoms with van der Waals surface area (Å²) in [6.07, 6.45) is 3.02. The first-order valence-electron chi connectivity index (χ1n) is 6.18. The highest BCUT2D eigenvalue weighted by Gasteiger charge is 2.16. The van der Waals surface area contributed by atoms with Crippen LogP contribution in [-0.2, 0) is 0 Å². The SMILES string of the molecule is [B]c1ccc(-c2cc(O)cc(OC)c2F)c2nccnc12. The number of ether oxygens (including phenoxy) is 1. The highest BCUT2D eigenvalue weighted by Crippen LogP contribution is 2.35. The summed E-state index contributed by atoms with van der Waals surface area (Å²) in [6, 6.07) is 5.80. The van der Waals surface area contributed by atoms with Crippen molar-refractivity contribution >= 4 is 24.3 Å². The molecule has 1 N–H and O–H groups in total. The molecule has 102 valence electrons. The van der Waals surface area contributed by atoms with E-state index in [4.69, 9.17) is 12.6 Å². The van der Waals surface area contributed by atoms with Gasteiger partial charge in [0.05, 0.1) is 18.1 Å².